The molecule has 0 radical (unpaired) electrons. The van der Waals surface area contributed by atoms with Gasteiger partial charge in [-0.3, -0.25) is 4.68 Å². The van der Waals surface area contributed by atoms with Gasteiger partial charge in [-0.05, 0) is 39.7 Å². The zero-order valence-electron chi connectivity index (χ0n) is 14.2. The number of rotatable bonds is 4. The van der Waals surface area contributed by atoms with Crippen LogP contribution in [-0.4, -0.2) is 39.2 Å². The lowest BCUT2D eigenvalue weighted by Gasteiger charge is -2.26. The minimum absolute atomic E-state index is 0.0454. The Hall–Kier alpha value is -2.08. The summed E-state index contributed by atoms with van der Waals surface area (Å²) < 4.78 is 13.6. The van der Waals surface area contributed by atoms with Gasteiger partial charge in [0.1, 0.15) is 11.3 Å². The second-order valence-electron chi connectivity index (χ2n) is 7.59. The monoisotopic (exact) mass is 330 g/mol. The average Bonchev–Trinajstić information content (AvgIpc) is 3.15. The SMILES string of the molecule is CC(C)Oc1cc2nn([C@]34CCC(C)(C3)OC4)cc2cc1C(=O)O. The van der Waals surface area contributed by atoms with E-state index in [1.807, 2.05) is 24.7 Å². The van der Waals surface area contributed by atoms with Crippen molar-refractivity contribution in [3.63, 3.8) is 0 Å². The number of fused-ring (bicyclic) bond motifs is 3. The van der Waals surface area contributed by atoms with E-state index in [4.69, 9.17) is 14.6 Å². The van der Waals surface area contributed by atoms with Gasteiger partial charge in [-0.2, -0.15) is 5.10 Å². The summed E-state index contributed by atoms with van der Waals surface area (Å²) in [6.45, 7) is 6.58. The molecule has 2 fully saturated rings. The first-order valence-electron chi connectivity index (χ1n) is 8.38. The standard InChI is InChI=1S/C18H22N2O4/c1-11(2)24-15-7-14-12(6-13(15)16(21)22)8-20(19-14)18-5-4-17(3,9-18)23-10-18/h6-8,11H,4-5,9-10H2,1-3H3,(H,21,22)/t17?,18-/m1/s1. The predicted octanol–water partition coefficient (Wildman–Crippen LogP) is 3.19. The van der Waals surface area contributed by atoms with E-state index < -0.39 is 5.97 Å². The van der Waals surface area contributed by atoms with E-state index in [0.717, 1.165) is 30.2 Å². The van der Waals surface area contributed by atoms with Gasteiger partial charge in [0.15, 0.2) is 0 Å². The van der Waals surface area contributed by atoms with Gasteiger partial charge >= 0.3 is 5.97 Å². The smallest absolute Gasteiger partial charge is 0.339 e. The topological polar surface area (TPSA) is 73.6 Å². The molecule has 24 heavy (non-hydrogen) atoms. The Morgan fingerprint density at radius 1 is 1.42 bits per heavy atom. The van der Waals surface area contributed by atoms with Gasteiger partial charge in [0.05, 0.1) is 29.4 Å². The number of aromatic carboxylic acids is 1. The number of carboxylic acid groups (broad SMARTS) is 1. The first-order valence-corrected chi connectivity index (χ1v) is 8.38. The van der Waals surface area contributed by atoms with Crippen molar-refractivity contribution in [2.75, 3.05) is 6.61 Å². The first-order chi connectivity index (χ1) is 11.3. The number of hydrogen-bond donors (Lipinski definition) is 1. The molecule has 2 bridgehead atoms. The van der Waals surface area contributed by atoms with Crippen LogP contribution >= 0.6 is 0 Å². The highest BCUT2D eigenvalue weighted by Crippen LogP contribution is 2.51. The molecule has 6 heteroatoms. The van der Waals surface area contributed by atoms with Gasteiger partial charge in [-0.1, -0.05) is 0 Å². The lowest BCUT2D eigenvalue weighted by molar-refractivity contribution is -0.0149. The molecule has 1 aromatic carbocycles. The van der Waals surface area contributed by atoms with E-state index in [2.05, 4.69) is 6.92 Å². The molecule has 0 spiro atoms. The number of hydrogen-bond acceptors (Lipinski definition) is 4. The second-order valence-corrected chi connectivity index (χ2v) is 7.59. The molecule has 1 unspecified atom stereocenters. The molecule has 2 heterocycles. The third-order valence-electron chi connectivity index (χ3n) is 5.20. The minimum Gasteiger partial charge on any atom is -0.490 e. The highest BCUT2D eigenvalue weighted by atomic mass is 16.5. The molecule has 1 saturated heterocycles. The van der Waals surface area contributed by atoms with Crippen LogP contribution < -0.4 is 4.74 Å². The van der Waals surface area contributed by atoms with Crippen molar-refractivity contribution in [2.45, 2.75) is 57.3 Å². The molecule has 1 aromatic heterocycles. The number of carbonyl (C=O) groups is 1. The van der Waals surface area contributed by atoms with Crippen LogP contribution in [0.25, 0.3) is 10.9 Å². The fourth-order valence-corrected chi connectivity index (χ4v) is 4.00. The van der Waals surface area contributed by atoms with Gasteiger partial charge in [0, 0.05) is 24.1 Å². The van der Waals surface area contributed by atoms with Gasteiger partial charge in [-0.25, -0.2) is 4.79 Å². The van der Waals surface area contributed by atoms with Gasteiger partial charge < -0.3 is 14.6 Å². The summed E-state index contributed by atoms with van der Waals surface area (Å²) in [7, 11) is 0. The maximum Gasteiger partial charge on any atom is 0.339 e. The molecule has 6 nitrogen and oxygen atoms in total. The number of nitrogens with zero attached hydrogens (tertiary/aromatic N) is 2. The van der Waals surface area contributed by atoms with E-state index in [0.29, 0.717) is 12.4 Å². The van der Waals surface area contributed by atoms with Gasteiger partial charge in [-0.15, -0.1) is 0 Å². The number of carboxylic acids is 1. The lowest BCUT2D eigenvalue weighted by atomic mass is 9.99. The predicted molar refractivity (Wildman–Crippen MR) is 88.6 cm³/mol. The van der Waals surface area contributed by atoms with E-state index in [9.17, 15) is 9.90 Å². The van der Waals surface area contributed by atoms with Crippen LogP contribution in [0.2, 0.25) is 0 Å². The Kier molecular flexibility index (Phi) is 3.19. The fourth-order valence-electron chi connectivity index (χ4n) is 4.00. The third kappa shape index (κ3) is 2.28. The van der Waals surface area contributed by atoms with E-state index in [-0.39, 0.29) is 22.8 Å². The molecule has 2 aromatic rings. The molecular weight excluding hydrogens is 308 g/mol. The average molecular weight is 330 g/mol. The number of aromatic nitrogens is 2. The van der Waals surface area contributed by atoms with Crippen molar-refractivity contribution in [2.24, 2.45) is 0 Å². The van der Waals surface area contributed by atoms with Crippen molar-refractivity contribution in [3.05, 3.63) is 23.9 Å². The molecule has 1 aliphatic heterocycles. The molecule has 0 amide bonds. The molecule has 2 atom stereocenters. The molecular formula is C18H22N2O4. The molecule has 2 aliphatic rings. The molecule has 1 N–H and O–H groups in total. The zero-order valence-corrected chi connectivity index (χ0v) is 14.2. The van der Waals surface area contributed by atoms with Crippen LogP contribution in [0.15, 0.2) is 18.3 Å². The summed E-state index contributed by atoms with van der Waals surface area (Å²) in [6.07, 6.45) is 4.88. The van der Waals surface area contributed by atoms with Crippen molar-refractivity contribution < 1.29 is 19.4 Å². The largest absolute Gasteiger partial charge is 0.490 e. The summed E-state index contributed by atoms with van der Waals surface area (Å²) in [5.74, 6) is -0.622. The Bertz CT molecular complexity index is 816. The van der Waals surface area contributed by atoms with Crippen LogP contribution in [0.4, 0.5) is 0 Å². The summed E-state index contributed by atoms with van der Waals surface area (Å²) in [4.78, 5) is 11.6. The fraction of sp³-hybridized carbons (Fsp3) is 0.556. The van der Waals surface area contributed by atoms with Crippen molar-refractivity contribution in [3.8, 4) is 5.75 Å². The first kappa shape index (κ1) is 15.4. The van der Waals surface area contributed by atoms with Crippen molar-refractivity contribution in [1.29, 1.82) is 0 Å². The van der Waals surface area contributed by atoms with Crippen LogP contribution in [0.1, 0.15) is 50.4 Å². The Labute approximate surface area is 140 Å². The summed E-state index contributed by atoms with van der Waals surface area (Å²) in [5, 5.41) is 15.0. The molecule has 1 aliphatic carbocycles. The maximum absolute atomic E-state index is 11.6. The summed E-state index contributed by atoms with van der Waals surface area (Å²) in [6, 6.07) is 3.38. The Morgan fingerprint density at radius 2 is 2.21 bits per heavy atom. The lowest BCUT2D eigenvalue weighted by Crippen LogP contribution is -2.33. The third-order valence-corrected chi connectivity index (χ3v) is 5.20. The Balaban J connectivity index is 1.80. The maximum atomic E-state index is 11.6. The van der Waals surface area contributed by atoms with Gasteiger partial charge in [0.25, 0.3) is 0 Å². The van der Waals surface area contributed by atoms with E-state index in [1.54, 1.807) is 12.1 Å². The summed E-state index contributed by atoms with van der Waals surface area (Å²) in [5.41, 5.74) is 0.782. The van der Waals surface area contributed by atoms with E-state index in [1.165, 1.54) is 0 Å². The molecule has 128 valence electrons. The quantitative estimate of drug-likeness (QED) is 0.932. The minimum atomic E-state index is -0.990. The van der Waals surface area contributed by atoms with Crippen molar-refractivity contribution in [1.82, 2.24) is 9.78 Å². The molecule has 1 saturated carbocycles. The van der Waals surface area contributed by atoms with E-state index >= 15 is 0 Å². The number of ether oxygens (including phenoxy) is 2. The van der Waals surface area contributed by atoms with Crippen molar-refractivity contribution >= 4 is 16.9 Å². The highest BCUT2D eigenvalue weighted by molar-refractivity contribution is 5.96. The second kappa shape index (κ2) is 4.96. The number of benzene rings is 1. The highest BCUT2D eigenvalue weighted by Gasteiger charge is 2.54. The normalized spacial score (nSPS) is 28.8. The summed E-state index contributed by atoms with van der Waals surface area (Å²) >= 11 is 0. The van der Waals surface area contributed by atoms with Crippen LogP contribution in [0.5, 0.6) is 5.75 Å². The molecule has 4 rings (SSSR count). The zero-order chi connectivity index (χ0) is 17.1. The van der Waals surface area contributed by atoms with Crippen LogP contribution in [-0.2, 0) is 10.3 Å². The van der Waals surface area contributed by atoms with Crippen LogP contribution in [0.3, 0.4) is 0 Å². The van der Waals surface area contributed by atoms with Crippen LogP contribution in [0, 0.1) is 0 Å². The van der Waals surface area contributed by atoms with Gasteiger partial charge in [0.2, 0.25) is 0 Å². The Morgan fingerprint density at radius 3 is 2.75 bits per heavy atom.